The van der Waals surface area contributed by atoms with Crippen LogP contribution in [-0.4, -0.2) is 22.5 Å². The Labute approximate surface area is 81.1 Å². The minimum Gasteiger partial charge on any atom is -0.419 e. The first-order valence-corrected chi connectivity index (χ1v) is 4.06. The Morgan fingerprint density at radius 1 is 1.36 bits per heavy atom. The lowest BCUT2D eigenvalue weighted by Crippen LogP contribution is -2.23. The Morgan fingerprint density at radius 3 is 2.50 bits per heavy atom. The molecule has 0 aliphatic rings. The number of hydrogen-bond acceptors (Lipinski definition) is 3. The van der Waals surface area contributed by atoms with Crippen LogP contribution in [0.25, 0.3) is 0 Å². The van der Waals surface area contributed by atoms with Crippen molar-refractivity contribution in [3.8, 4) is 0 Å². The predicted molar refractivity (Wildman–Crippen MR) is 38.6 cm³/mol. The maximum absolute atomic E-state index is 12.6. The SMILES string of the molecule is FC(F)C(F)(F)c1nnc(CCCl)o1. The monoisotopic (exact) mass is 232 g/mol. The lowest BCUT2D eigenvalue weighted by atomic mass is 10.3. The fraction of sp³-hybridized carbons (Fsp3) is 0.667. The minimum atomic E-state index is -4.41. The normalized spacial score (nSPS) is 12.4. The zero-order chi connectivity index (χ0) is 10.8. The van der Waals surface area contributed by atoms with Gasteiger partial charge in [0, 0.05) is 12.3 Å². The van der Waals surface area contributed by atoms with E-state index in [1.54, 1.807) is 0 Å². The molecular weight excluding hydrogens is 228 g/mol. The van der Waals surface area contributed by atoms with Gasteiger partial charge in [0.1, 0.15) is 0 Å². The molecule has 1 aromatic rings. The number of aromatic nitrogens is 2. The molecule has 3 nitrogen and oxygen atoms in total. The van der Waals surface area contributed by atoms with E-state index in [9.17, 15) is 17.6 Å². The van der Waals surface area contributed by atoms with Crippen LogP contribution in [0.3, 0.4) is 0 Å². The Balaban J connectivity index is 2.85. The van der Waals surface area contributed by atoms with Crippen molar-refractivity contribution in [2.45, 2.75) is 18.8 Å². The van der Waals surface area contributed by atoms with E-state index in [1.807, 2.05) is 0 Å². The highest BCUT2D eigenvalue weighted by atomic mass is 35.5. The summed E-state index contributed by atoms with van der Waals surface area (Å²) in [4.78, 5) is 0. The summed E-state index contributed by atoms with van der Waals surface area (Å²) in [7, 11) is 0. The van der Waals surface area contributed by atoms with Gasteiger partial charge in [-0.05, 0) is 0 Å². The minimum absolute atomic E-state index is 0.0634. The third kappa shape index (κ3) is 2.14. The molecule has 0 saturated heterocycles. The van der Waals surface area contributed by atoms with Gasteiger partial charge in [0.15, 0.2) is 0 Å². The van der Waals surface area contributed by atoms with Crippen molar-refractivity contribution in [1.82, 2.24) is 10.2 Å². The maximum atomic E-state index is 12.6. The number of hydrogen-bond donors (Lipinski definition) is 0. The molecule has 0 aliphatic carbocycles. The highest BCUT2D eigenvalue weighted by molar-refractivity contribution is 6.17. The van der Waals surface area contributed by atoms with Crippen LogP contribution in [-0.2, 0) is 12.3 Å². The van der Waals surface area contributed by atoms with Crippen molar-refractivity contribution >= 4 is 11.6 Å². The number of aryl methyl sites for hydroxylation is 1. The van der Waals surface area contributed by atoms with Gasteiger partial charge in [0.25, 0.3) is 5.89 Å². The van der Waals surface area contributed by atoms with Gasteiger partial charge in [-0.3, -0.25) is 0 Å². The van der Waals surface area contributed by atoms with Crippen LogP contribution < -0.4 is 0 Å². The smallest absolute Gasteiger partial charge is 0.382 e. The fourth-order valence-electron chi connectivity index (χ4n) is 0.664. The van der Waals surface area contributed by atoms with Gasteiger partial charge in [-0.2, -0.15) is 8.78 Å². The third-order valence-electron chi connectivity index (χ3n) is 1.33. The molecule has 14 heavy (non-hydrogen) atoms. The molecular formula is C6H5ClF4N2O. The lowest BCUT2D eigenvalue weighted by molar-refractivity contribution is -0.151. The first-order valence-electron chi connectivity index (χ1n) is 3.53. The second-order valence-corrected chi connectivity index (χ2v) is 2.74. The van der Waals surface area contributed by atoms with Gasteiger partial charge in [-0.25, -0.2) is 8.78 Å². The van der Waals surface area contributed by atoms with Crippen molar-refractivity contribution in [3.05, 3.63) is 11.8 Å². The number of alkyl halides is 5. The standard InChI is InChI=1S/C6H5ClF4N2O/c7-2-1-3-12-13-5(14-3)6(10,11)4(8)9/h4H,1-2H2. The number of nitrogens with zero attached hydrogens (tertiary/aromatic N) is 2. The van der Waals surface area contributed by atoms with Gasteiger partial charge in [-0.1, -0.05) is 0 Å². The molecule has 0 aromatic carbocycles. The van der Waals surface area contributed by atoms with E-state index in [0.717, 1.165) is 0 Å². The molecule has 1 aromatic heterocycles. The average Bonchev–Trinajstić information content (AvgIpc) is 2.53. The first-order chi connectivity index (χ1) is 6.48. The van der Waals surface area contributed by atoms with E-state index in [4.69, 9.17) is 11.6 Å². The van der Waals surface area contributed by atoms with Crippen LogP contribution in [0.2, 0.25) is 0 Å². The summed E-state index contributed by atoms with van der Waals surface area (Å²) in [6.45, 7) is 0. The van der Waals surface area contributed by atoms with Crippen molar-refractivity contribution < 1.29 is 22.0 Å². The summed E-state index contributed by atoms with van der Waals surface area (Å²) in [6, 6.07) is 0. The Bertz CT molecular complexity index is 304. The second-order valence-electron chi connectivity index (χ2n) is 2.36. The molecule has 0 atom stereocenters. The first kappa shape index (κ1) is 11.2. The van der Waals surface area contributed by atoms with Crippen molar-refractivity contribution in [2.75, 3.05) is 5.88 Å². The molecule has 0 N–H and O–H groups in total. The Hall–Kier alpha value is -0.850. The van der Waals surface area contributed by atoms with Gasteiger partial charge >= 0.3 is 12.3 Å². The summed E-state index contributed by atoms with van der Waals surface area (Å²) in [5, 5.41) is 5.96. The zero-order valence-electron chi connectivity index (χ0n) is 6.68. The van der Waals surface area contributed by atoms with E-state index in [2.05, 4.69) is 14.6 Å². The van der Waals surface area contributed by atoms with Gasteiger partial charge in [0.2, 0.25) is 5.89 Å². The molecule has 0 unspecified atom stereocenters. The molecule has 0 bridgehead atoms. The average molecular weight is 233 g/mol. The summed E-state index contributed by atoms with van der Waals surface area (Å²) >= 11 is 5.26. The quantitative estimate of drug-likeness (QED) is 0.590. The van der Waals surface area contributed by atoms with E-state index < -0.39 is 18.2 Å². The van der Waals surface area contributed by atoms with E-state index in [0.29, 0.717) is 0 Å². The molecule has 80 valence electrons. The van der Waals surface area contributed by atoms with Crippen molar-refractivity contribution in [3.63, 3.8) is 0 Å². The molecule has 8 heteroatoms. The van der Waals surface area contributed by atoms with E-state index in [-0.39, 0.29) is 18.2 Å². The molecule has 0 fully saturated rings. The largest absolute Gasteiger partial charge is 0.419 e. The predicted octanol–water partition coefficient (Wildman–Crippen LogP) is 2.21. The zero-order valence-corrected chi connectivity index (χ0v) is 7.44. The molecule has 0 aliphatic heterocycles. The van der Waals surface area contributed by atoms with Crippen molar-refractivity contribution in [1.29, 1.82) is 0 Å². The summed E-state index contributed by atoms with van der Waals surface area (Å²) in [5.41, 5.74) is 0. The van der Waals surface area contributed by atoms with E-state index in [1.165, 1.54) is 0 Å². The molecule has 0 spiro atoms. The van der Waals surface area contributed by atoms with Crippen LogP contribution in [0.1, 0.15) is 11.8 Å². The van der Waals surface area contributed by atoms with Crippen LogP contribution in [0.5, 0.6) is 0 Å². The summed E-state index contributed by atoms with van der Waals surface area (Å²) < 4.78 is 53.0. The molecule has 0 saturated carbocycles. The Kier molecular flexibility index (Phi) is 3.30. The van der Waals surface area contributed by atoms with Crippen LogP contribution in [0.15, 0.2) is 4.42 Å². The topological polar surface area (TPSA) is 38.9 Å². The molecule has 1 heterocycles. The Morgan fingerprint density at radius 2 is 2.00 bits per heavy atom. The summed E-state index contributed by atoms with van der Waals surface area (Å²) in [5.74, 6) is -5.89. The molecule has 0 amide bonds. The fourth-order valence-corrected chi connectivity index (χ4v) is 0.825. The number of halogens is 5. The maximum Gasteiger partial charge on any atom is 0.382 e. The van der Waals surface area contributed by atoms with Gasteiger partial charge in [-0.15, -0.1) is 21.8 Å². The van der Waals surface area contributed by atoms with Gasteiger partial charge < -0.3 is 4.42 Å². The third-order valence-corrected chi connectivity index (χ3v) is 1.52. The van der Waals surface area contributed by atoms with Crippen LogP contribution in [0.4, 0.5) is 17.6 Å². The van der Waals surface area contributed by atoms with Crippen LogP contribution >= 0.6 is 11.6 Å². The summed E-state index contributed by atoms with van der Waals surface area (Å²) in [6.07, 6.45) is -3.81. The van der Waals surface area contributed by atoms with Crippen LogP contribution in [0, 0.1) is 0 Å². The lowest BCUT2D eigenvalue weighted by Gasteiger charge is -2.08. The highest BCUT2D eigenvalue weighted by Gasteiger charge is 2.48. The van der Waals surface area contributed by atoms with E-state index >= 15 is 0 Å². The molecule has 1 rings (SSSR count). The van der Waals surface area contributed by atoms with Gasteiger partial charge in [0.05, 0.1) is 0 Å². The van der Waals surface area contributed by atoms with Crippen molar-refractivity contribution in [2.24, 2.45) is 0 Å². The highest BCUT2D eigenvalue weighted by Crippen LogP contribution is 2.33. The second kappa shape index (κ2) is 4.12. The molecule has 0 radical (unpaired) electrons. The number of rotatable bonds is 4.